The number of ether oxygens (including phenoxy) is 1. The Hall–Kier alpha value is -0.870. The van der Waals surface area contributed by atoms with Gasteiger partial charge in [0.1, 0.15) is 11.6 Å². The molecular weight excluding hydrogens is 224 g/mol. The maximum atomic E-state index is 13.3. The highest BCUT2D eigenvalue weighted by molar-refractivity contribution is 6.30. The van der Waals surface area contributed by atoms with Crippen LogP contribution in [-0.2, 0) is 4.74 Å². The molecule has 1 aliphatic rings. The van der Waals surface area contributed by atoms with Gasteiger partial charge in [-0.3, -0.25) is 0 Å². The minimum atomic E-state index is -0.620. The predicted molar refractivity (Wildman–Crippen MR) is 54.2 cm³/mol. The van der Waals surface area contributed by atoms with E-state index in [1.165, 1.54) is 0 Å². The summed E-state index contributed by atoms with van der Waals surface area (Å²) in [7, 11) is 0. The first-order valence-corrected chi connectivity index (χ1v) is 5.01. The molecule has 0 aromatic heterocycles. The maximum absolute atomic E-state index is 13.3. The van der Waals surface area contributed by atoms with Gasteiger partial charge in [-0.1, -0.05) is 11.6 Å². The quantitative estimate of drug-likeness (QED) is 0.811. The Morgan fingerprint density at radius 3 is 2.67 bits per heavy atom. The third-order valence-electron chi connectivity index (χ3n) is 2.30. The lowest BCUT2D eigenvalue weighted by Crippen LogP contribution is -2.33. The summed E-state index contributed by atoms with van der Waals surface area (Å²) < 4.78 is 31.2. The number of nitrogens with one attached hydrogen (secondary N) is 1. The van der Waals surface area contributed by atoms with Crippen molar-refractivity contribution >= 4 is 17.3 Å². The van der Waals surface area contributed by atoms with Gasteiger partial charge < -0.3 is 10.1 Å². The van der Waals surface area contributed by atoms with Crippen LogP contribution in [0.4, 0.5) is 14.5 Å². The molecular formula is C10H10ClF2NO. The van der Waals surface area contributed by atoms with E-state index in [1.807, 2.05) is 0 Å². The van der Waals surface area contributed by atoms with Crippen molar-refractivity contribution in [1.82, 2.24) is 0 Å². The molecule has 0 aliphatic carbocycles. The fourth-order valence-electron chi connectivity index (χ4n) is 1.31. The van der Waals surface area contributed by atoms with Crippen molar-refractivity contribution < 1.29 is 13.5 Å². The summed E-state index contributed by atoms with van der Waals surface area (Å²) in [6.45, 7) is 1.92. The highest BCUT2D eigenvalue weighted by atomic mass is 35.5. The zero-order valence-electron chi connectivity index (χ0n) is 7.90. The Labute approximate surface area is 91.2 Å². The fraction of sp³-hybridized carbons (Fsp3) is 0.400. The molecule has 0 bridgehead atoms. The summed E-state index contributed by atoms with van der Waals surface area (Å²) in [5, 5.41) is 2.63. The first-order valence-electron chi connectivity index (χ1n) is 4.63. The van der Waals surface area contributed by atoms with Crippen LogP contribution in [0.5, 0.6) is 0 Å². The zero-order valence-corrected chi connectivity index (χ0v) is 8.65. The molecule has 1 aromatic rings. The van der Waals surface area contributed by atoms with Crippen molar-refractivity contribution in [3.8, 4) is 0 Å². The maximum Gasteiger partial charge on any atom is 0.147 e. The van der Waals surface area contributed by atoms with Gasteiger partial charge in [-0.25, -0.2) is 8.78 Å². The molecule has 0 unspecified atom stereocenters. The second-order valence-corrected chi connectivity index (χ2v) is 3.94. The molecule has 2 nitrogen and oxygen atoms in total. The van der Waals surface area contributed by atoms with Crippen LogP contribution in [0.3, 0.4) is 0 Å². The van der Waals surface area contributed by atoms with Crippen LogP contribution >= 0.6 is 11.6 Å². The minimum Gasteiger partial charge on any atom is -0.382 e. The number of hydrogen-bond donors (Lipinski definition) is 1. The number of benzene rings is 1. The van der Waals surface area contributed by atoms with Crippen molar-refractivity contribution in [1.29, 1.82) is 0 Å². The van der Waals surface area contributed by atoms with Gasteiger partial charge in [-0.2, -0.15) is 0 Å². The summed E-state index contributed by atoms with van der Waals surface area (Å²) in [6.07, 6.45) is 0. The zero-order chi connectivity index (χ0) is 10.8. The van der Waals surface area contributed by atoms with Crippen LogP contribution in [0.2, 0.25) is 5.02 Å². The largest absolute Gasteiger partial charge is 0.382 e. The van der Waals surface area contributed by atoms with E-state index in [4.69, 9.17) is 16.3 Å². The molecule has 1 fully saturated rings. The third-order valence-corrected chi connectivity index (χ3v) is 2.59. The van der Waals surface area contributed by atoms with Gasteiger partial charge in [0.2, 0.25) is 0 Å². The lowest BCUT2D eigenvalue weighted by molar-refractivity contribution is -0.0248. The van der Waals surface area contributed by atoms with E-state index in [0.29, 0.717) is 25.7 Å². The monoisotopic (exact) mass is 233 g/mol. The summed E-state index contributed by atoms with van der Waals surface area (Å²) in [4.78, 5) is 0. The highest BCUT2D eigenvalue weighted by Crippen LogP contribution is 2.23. The summed E-state index contributed by atoms with van der Waals surface area (Å²) in [5.74, 6) is -0.782. The van der Waals surface area contributed by atoms with Crippen molar-refractivity contribution in [3.63, 3.8) is 0 Å². The molecule has 1 aliphatic heterocycles. The molecule has 0 atom stereocenters. The van der Waals surface area contributed by atoms with Crippen LogP contribution in [0.25, 0.3) is 0 Å². The van der Waals surface area contributed by atoms with E-state index in [2.05, 4.69) is 5.32 Å². The number of rotatable bonds is 3. The lowest BCUT2D eigenvalue weighted by Gasteiger charge is -2.26. The topological polar surface area (TPSA) is 21.3 Å². The molecule has 1 N–H and O–H groups in total. The predicted octanol–water partition coefficient (Wildman–Crippen LogP) is 2.68. The van der Waals surface area contributed by atoms with Crippen molar-refractivity contribution in [2.75, 3.05) is 25.1 Å². The Balaban J connectivity index is 2.03. The van der Waals surface area contributed by atoms with Crippen LogP contribution in [0.1, 0.15) is 0 Å². The lowest BCUT2D eigenvalue weighted by atomic mass is 10.1. The molecule has 0 spiro atoms. The second-order valence-electron chi connectivity index (χ2n) is 3.53. The standard InChI is InChI=1S/C10H10ClF2NO/c11-7-1-9(13)10(2-8(7)12)14-3-6-4-15-5-6/h1-2,6,14H,3-5H2. The molecule has 82 valence electrons. The van der Waals surface area contributed by atoms with Crippen LogP contribution < -0.4 is 5.32 Å². The molecule has 1 heterocycles. The van der Waals surface area contributed by atoms with Gasteiger partial charge in [-0.05, 0) is 6.07 Å². The van der Waals surface area contributed by atoms with Crippen LogP contribution in [-0.4, -0.2) is 19.8 Å². The molecule has 0 saturated carbocycles. The van der Waals surface area contributed by atoms with Crippen molar-refractivity contribution in [3.05, 3.63) is 28.8 Å². The van der Waals surface area contributed by atoms with Gasteiger partial charge in [-0.15, -0.1) is 0 Å². The van der Waals surface area contributed by atoms with E-state index < -0.39 is 11.6 Å². The van der Waals surface area contributed by atoms with Crippen molar-refractivity contribution in [2.45, 2.75) is 0 Å². The summed E-state index contributed by atoms with van der Waals surface area (Å²) in [5.41, 5.74) is 0.142. The molecule has 5 heteroatoms. The molecule has 0 amide bonds. The van der Waals surface area contributed by atoms with Crippen molar-refractivity contribution in [2.24, 2.45) is 5.92 Å². The first-order chi connectivity index (χ1) is 7.16. The first kappa shape index (κ1) is 10.6. The summed E-state index contributed by atoms with van der Waals surface area (Å²) >= 11 is 5.42. The van der Waals surface area contributed by atoms with Crippen LogP contribution in [0, 0.1) is 17.6 Å². The smallest absolute Gasteiger partial charge is 0.147 e. The second kappa shape index (κ2) is 4.33. The Morgan fingerprint density at radius 1 is 1.33 bits per heavy atom. The molecule has 0 radical (unpaired) electrons. The Kier molecular flexibility index (Phi) is 3.07. The molecule has 2 rings (SSSR count). The normalized spacial score (nSPS) is 16.2. The van der Waals surface area contributed by atoms with Gasteiger partial charge >= 0.3 is 0 Å². The molecule has 15 heavy (non-hydrogen) atoms. The van der Waals surface area contributed by atoms with E-state index in [1.54, 1.807) is 0 Å². The fourth-order valence-corrected chi connectivity index (χ4v) is 1.47. The molecule has 1 saturated heterocycles. The van der Waals surface area contributed by atoms with Gasteiger partial charge in [0.25, 0.3) is 0 Å². The summed E-state index contributed by atoms with van der Waals surface area (Å²) in [6, 6.07) is 2.04. The Morgan fingerprint density at radius 2 is 2.07 bits per heavy atom. The third kappa shape index (κ3) is 2.38. The number of halogens is 3. The van der Waals surface area contributed by atoms with Gasteiger partial charge in [0.05, 0.1) is 23.9 Å². The Bertz CT molecular complexity index is 369. The SMILES string of the molecule is Fc1cc(NCC2COC2)c(F)cc1Cl. The molecule has 1 aromatic carbocycles. The minimum absolute atomic E-state index is 0.142. The number of anilines is 1. The highest BCUT2D eigenvalue weighted by Gasteiger charge is 2.18. The van der Waals surface area contributed by atoms with Gasteiger partial charge in [0, 0.05) is 18.5 Å². The van der Waals surface area contributed by atoms with E-state index in [0.717, 1.165) is 12.1 Å². The number of hydrogen-bond acceptors (Lipinski definition) is 2. The van der Waals surface area contributed by atoms with Gasteiger partial charge in [0.15, 0.2) is 0 Å². The van der Waals surface area contributed by atoms with E-state index in [9.17, 15) is 8.78 Å². The van der Waals surface area contributed by atoms with Crippen LogP contribution in [0.15, 0.2) is 12.1 Å². The average molecular weight is 234 g/mol. The van der Waals surface area contributed by atoms with E-state index in [-0.39, 0.29) is 10.7 Å². The average Bonchev–Trinajstić information content (AvgIpc) is 2.11. The van der Waals surface area contributed by atoms with E-state index >= 15 is 0 Å².